The van der Waals surface area contributed by atoms with Crippen molar-refractivity contribution in [1.29, 1.82) is 0 Å². The van der Waals surface area contributed by atoms with E-state index in [1.54, 1.807) is 19.1 Å². The Morgan fingerprint density at radius 3 is 3.09 bits per heavy atom. The van der Waals surface area contributed by atoms with E-state index in [1.807, 2.05) is 0 Å². The van der Waals surface area contributed by atoms with E-state index in [9.17, 15) is 9.90 Å². The molecule has 0 amide bonds. The number of hydrogen-bond acceptors (Lipinski definition) is 3. The van der Waals surface area contributed by atoms with E-state index in [4.69, 9.17) is 4.74 Å². The molecule has 0 saturated carbocycles. The first-order valence-corrected chi connectivity index (χ1v) is 3.43. The fourth-order valence-corrected chi connectivity index (χ4v) is 0.873. The summed E-state index contributed by atoms with van der Waals surface area (Å²) in [6.07, 6.45) is 4.81. The lowest BCUT2D eigenvalue weighted by molar-refractivity contribution is -0.146. The van der Waals surface area contributed by atoms with E-state index in [0.29, 0.717) is 0 Å². The van der Waals surface area contributed by atoms with Crippen LogP contribution in [0.15, 0.2) is 24.3 Å². The molecular formula is C8H10O3. The summed E-state index contributed by atoms with van der Waals surface area (Å²) in [5.41, 5.74) is 0. The lowest BCUT2D eigenvalue weighted by Gasteiger charge is -2.20. The van der Waals surface area contributed by atoms with Crippen molar-refractivity contribution < 1.29 is 14.6 Å². The zero-order valence-electron chi connectivity index (χ0n) is 6.23. The largest absolute Gasteiger partial charge is 0.452 e. The number of allylic oxidation sites excluding steroid dienone is 1. The third-order valence-electron chi connectivity index (χ3n) is 1.40. The van der Waals surface area contributed by atoms with Crippen LogP contribution in [0, 0.1) is 0 Å². The van der Waals surface area contributed by atoms with Crippen molar-refractivity contribution in [2.24, 2.45) is 0 Å². The minimum atomic E-state index is -0.705. The van der Waals surface area contributed by atoms with Crippen molar-refractivity contribution in [3.8, 4) is 0 Å². The van der Waals surface area contributed by atoms with Gasteiger partial charge in [0, 0.05) is 6.08 Å². The normalized spacial score (nSPS) is 30.9. The van der Waals surface area contributed by atoms with Gasteiger partial charge in [-0.2, -0.15) is 0 Å². The summed E-state index contributed by atoms with van der Waals surface area (Å²) in [6.45, 7) is 1.80. The minimum absolute atomic E-state index is 0.404. The van der Waals surface area contributed by atoms with Gasteiger partial charge >= 0.3 is 5.97 Å². The Kier molecular flexibility index (Phi) is 2.44. The molecule has 60 valence electrons. The molecule has 1 rings (SSSR count). The van der Waals surface area contributed by atoms with Crippen molar-refractivity contribution in [1.82, 2.24) is 0 Å². The van der Waals surface area contributed by atoms with Gasteiger partial charge in [-0.05, 0) is 19.1 Å². The predicted octanol–water partition coefficient (Wildman–Crippen LogP) is 0.405. The average molecular weight is 154 g/mol. The highest BCUT2D eigenvalue weighted by atomic mass is 16.6. The zero-order valence-corrected chi connectivity index (χ0v) is 6.23. The van der Waals surface area contributed by atoms with Crippen LogP contribution in [0.2, 0.25) is 0 Å². The molecule has 0 radical (unpaired) electrons. The maximum atomic E-state index is 10.6. The van der Waals surface area contributed by atoms with Gasteiger partial charge < -0.3 is 9.84 Å². The van der Waals surface area contributed by atoms with E-state index < -0.39 is 18.2 Å². The van der Waals surface area contributed by atoms with Crippen LogP contribution < -0.4 is 0 Å². The molecule has 0 aromatic heterocycles. The topological polar surface area (TPSA) is 46.5 Å². The second-order valence-corrected chi connectivity index (χ2v) is 2.28. The number of aliphatic hydroxyl groups excluding tert-OH is 1. The summed E-state index contributed by atoms with van der Waals surface area (Å²) in [7, 11) is 0. The standard InChI is InChI=1S/C8H10O3/c1-2-3-7-6(9)4-5-8(10)11-7/h2-7,9H,1H3/b3-2+/t6-,7+/m1/s1. The molecule has 0 saturated heterocycles. The molecule has 2 atom stereocenters. The summed E-state index contributed by atoms with van der Waals surface area (Å²) >= 11 is 0. The quantitative estimate of drug-likeness (QED) is 0.439. The van der Waals surface area contributed by atoms with Crippen LogP contribution in [-0.4, -0.2) is 23.3 Å². The summed E-state index contributed by atoms with van der Waals surface area (Å²) in [5, 5.41) is 9.20. The molecule has 0 unspecified atom stereocenters. The Labute approximate surface area is 65.0 Å². The summed E-state index contributed by atoms with van der Waals surface area (Å²) < 4.78 is 4.78. The second-order valence-electron chi connectivity index (χ2n) is 2.28. The van der Waals surface area contributed by atoms with E-state index in [1.165, 1.54) is 12.2 Å². The summed E-state index contributed by atoms with van der Waals surface area (Å²) in [5.74, 6) is -0.404. The maximum Gasteiger partial charge on any atom is 0.331 e. The molecule has 1 N–H and O–H groups in total. The molecule has 3 heteroatoms. The lowest BCUT2D eigenvalue weighted by Crippen LogP contribution is -2.31. The Bertz CT molecular complexity index is 205. The lowest BCUT2D eigenvalue weighted by atomic mass is 10.1. The van der Waals surface area contributed by atoms with Gasteiger partial charge in [0.1, 0.15) is 12.2 Å². The third kappa shape index (κ3) is 1.91. The molecule has 0 bridgehead atoms. The van der Waals surface area contributed by atoms with Crippen molar-refractivity contribution in [2.45, 2.75) is 19.1 Å². The molecule has 0 aromatic rings. The van der Waals surface area contributed by atoms with Crippen LogP contribution in [0.1, 0.15) is 6.92 Å². The van der Waals surface area contributed by atoms with Gasteiger partial charge in [-0.25, -0.2) is 4.79 Å². The first-order valence-electron chi connectivity index (χ1n) is 3.43. The number of rotatable bonds is 1. The van der Waals surface area contributed by atoms with E-state index >= 15 is 0 Å². The van der Waals surface area contributed by atoms with Crippen molar-refractivity contribution >= 4 is 5.97 Å². The fourth-order valence-electron chi connectivity index (χ4n) is 0.873. The molecule has 0 aliphatic carbocycles. The van der Waals surface area contributed by atoms with E-state index in [-0.39, 0.29) is 0 Å². The molecule has 0 fully saturated rings. The molecule has 1 aliphatic rings. The van der Waals surface area contributed by atoms with Crippen LogP contribution in [0.4, 0.5) is 0 Å². The molecule has 1 heterocycles. The Morgan fingerprint density at radius 1 is 1.73 bits per heavy atom. The van der Waals surface area contributed by atoms with Gasteiger partial charge in [0.25, 0.3) is 0 Å². The third-order valence-corrected chi connectivity index (χ3v) is 1.40. The van der Waals surface area contributed by atoms with Gasteiger partial charge in [-0.15, -0.1) is 0 Å². The highest BCUT2D eigenvalue weighted by Gasteiger charge is 2.21. The van der Waals surface area contributed by atoms with Crippen LogP contribution in [0.5, 0.6) is 0 Å². The number of aliphatic hydroxyl groups is 1. The van der Waals surface area contributed by atoms with Crippen molar-refractivity contribution in [2.75, 3.05) is 0 Å². The molecule has 0 aromatic carbocycles. The van der Waals surface area contributed by atoms with E-state index in [0.717, 1.165) is 0 Å². The van der Waals surface area contributed by atoms with Crippen LogP contribution in [0.25, 0.3) is 0 Å². The number of ether oxygens (including phenoxy) is 1. The van der Waals surface area contributed by atoms with Gasteiger partial charge in [0.2, 0.25) is 0 Å². The molecule has 3 nitrogen and oxygen atoms in total. The van der Waals surface area contributed by atoms with Crippen molar-refractivity contribution in [3.63, 3.8) is 0 Å². The SMILES string of the molecule is C/C=C/[C@@H]1OC(=O)C=C[C@H]1O. The van der Waals surface area contributed by atoms with E-state index in [2.05, 4.69) is 0 Å². The molecule has 0 spiro atoms. The zero-order chi connectivity index (χ0) is 8.27. The first-order chi connectivity index (χ1) is 5.24. The number of cyclic esters (lactones) is 1. The predicted molar refractivity (Wildman–Crippen MR) is 39.8 cm³/mol. The first kappa shape index (κ1) is 8.01. The Hall–Kier alpha value is -1.09. The maximum absolute atomic E-state index is 10.6. The number of carbonyl (C=O) groups excluding carboxylic acids is 1. The Morgan fingerprint density at radius 2 is 2.45 bits per heavy atom. The fraction of sp³-hybridized carbons (Fsp3) is 0.375. The van der Waals surface area contributed by atoms with Gasteiger partial charge in [0.05, 0.1) is 0 Å². The van der Waals surface area contributed by atoms with Crippen molar-refractivity contribution in [3.05, 3.63) is 24.3 Å². The van der Waals surface area contributed by atoms with Crippen LogP contribution in [-0.2, 0) is 9.53 Å². The van der Waals surface area contributed by atoms with Gasteiger partial charge in [-0.3, -0.25) is 0 Å². The molecular weight excluding hydrogens is 144 g/mol. The highest BCUT2D eigenvalue weighted by molar-refractivity contribution is 5.83. The van der Waals surface area contributed by atoms with Gasteiger partial charge in [0.15, 0.2) is 0 Å². The number of esters is 1. The number of carbonyl (C=O) groups is 1. The van der Waals surface area contributed by atoms with Gasteiger partial charge in [-0.1, -0.05) is 6.08 Å². The second kappa shape index (κ2) is 3.34. The average Bonchev–Trinajstić information content (AvgIpc) is 1.98. The monoisotopic (exact) mass is 154 g/mol. The number of hydrogen-bond donors (Lipinski definition) is 1. The highest BCUT2D eigenvalue weighted by Crippen LogP contribution is 2.09. The molecule has 11 heavy (non-hydrogen) atoms. The summed E-state index contributed by atoms with van der Waals surface area (Å²) in [4.78, 5) is 10.6. The minimum Gasteiger partial charge on any atom is -0.452 e. The smallest absolute Gasteiger partial charge is 0.331 e. The Balaban J connectivity index is 2.67. The molecule has 1 aliphatic heterocycles. The van der Waals surface area contributed by atoms with Crippen LogP contribution in [0.3, 0.4) is 0 Å². The van der Waals surface area contributed by atoms with Crippen LogP contribution >= 0.6 is 0 Å². The summed E-state index contributed by atoms with van der Waals surface area (Å²) in [6, 6.07) is 0.